The van der Waals surface area contributed by atoms with Crippen LogP contribution in [0.2, 0.25) is 4.34 Å². The highest BCUT2D eigenvalue weighted by atomic mass is 35.5. The van der Waals surface area contributed by atoms with E-state index in [9.17, 15) is 4.79 Å². The van der Waals surface area contributed by atoms with Crippen molar-refractivity contribution in [2.24, 2.45) is 0 Å². The number of nitrogens with one attached hydrogen (secondary N) is 1. The van der Waals surface area contributed by atoms with Gasteiger partial charge in [0, 0.05) is 28.6 Å². The van der Waals surface area contributed by atoms with Gasteiger partial charge in [-0.2, -0.15) is 0 Å². The van der Waals surface area contributed by atoms with Crippen molar-refractivity contribution < 1.29 is 9.53 Å². The smallest absolute Gasteiger partial charge is 0.189 e. The number of hydrogen-bond donors (Lipinski definition) is 1. The molecule has 0 unspecified atom stereocenters. The van der Waals surface area contributed by atoms with E-state index in [-0.39, 0.29) is 5.78 Å². The molecule has 1 aliphatic rings. The van der Waals surface area contributed by atoms with Crippen LogP contribution in [-0.4, -0.2) is 22.4 Å². The number of halogens is 1. The Morgan fingerprint density at radius 1 is 1.27 bits per heavy atom. The van der Waals surface area contributed by atoms with Crippen LogP contribution in [0, 0.1) is 0 Å². The number of aromatic nitrogens is 2. The van der Waals surface area contributed by atoms with Gasteiger partial charge in [0.2, 0.25) is 0 Å². The van der Waals surface area contributed by atoms with Crippen LogP contribution in [0.15, 0.2) is 48.4 Å². The fourth-order valence-corrected chi connectivity index (χ4v) is 4.09. The maximum absolute atomic E-state index is 12.8. The number of carbonyl (C=O) groups excluding carboxylic acids is 1. The number of aryl methyl sites for hydroxylation is 1. The molecule has 0 aliphatic heterocycles. The lowest BCUT2D eigenvalue weighted by Crippen LogP contribution is -2.14. The van der Waals surface area contributed by atoms with E-state index < -0.39 is 0 Å². The third-order valence-electron chi connectivity index (χ3n) is 4.37. The molecule has 6 heteroatoms. The summed E-state index contributed by atoms with van der Waals surface area (Å²) in [5.41, 5.74) is 3.63. The van der Waals surface area contributed by atoms with Crippen molar-refractivity contribution in [3.8, 4) is 5.75 Å². The Bertz CT molecular complexity index is 960. The second-order valence-electron chi connectivity index (χ2n) is 6.12. The highest BCUT2D eigenvalue weighted by Crippen LogP contribution is 2.31. The normalized spacial score (nSPS) is 15.3. The van der Waals surface area contributed by atoms with E-state index in [1.54, 1.807) is 6.33 Å². The predicted octanol–water partition coefficient (Wildman–Crippen LogP) is 4.96. The van der Waals surface area contributed by atoms with Crippen LogP contribution in [0.5, 0.6) is 5.75 Å². The van der Waals surface area contributed by atoms with Gasteiger partial charge in [0.25, 0.3) is 0 Å². The van der Waals surface area contributed by atoms with Gasteiger partial charge in [-0.25, -0.2) is 4.98 Å². The number of thiophene rings is 1. The molecule has 3 aromatic rings. The molecular formula is C20H17ClN2O2S. The number of hydrogen-bond acceptors (Lipinski definition) is 4. The summed E-state index contributed by atoms with van der Waals surface area (Å²) in [5.74, 6) is 0.892. The summed E-state index contributed by atoms with van der Waals surface area (Å²) in [5, 5.41) is 0. The molecule has 2 aromatic heterocycles. The number of fused-ring (bicyclic) bond motifs is 1. The Balaban J connectivity index is 1.46. The van der Waals surface area contributed by atoms with Gasteiger partial charge >= 0.3 is 0 Å². The molecule has 4 rings (SSSR count). The SMILES string of the molecule is O=C1/C(=C\c2ccc(Cl)s2)CCc2cc(OCCc3c[nH]cn3)ccc21. The van der Waals surface area contributed by atoms with Gasteiger partial charge in [0.05, 0.1) is 23.0 Å². The molecular weight excluding hydrogens is 368 g/mol. The highest BCUT2D eigenvalue weighted by molar-refractivity contribution is 7.17. The Kier molecular flexibility index (Phi) is 4.91. The number of ether oxygens (including phenoxy) is 1. The molecule has 4 nitrogen and oxygen atoms in total. The molecule has 1 aliphatic carbocycles. The number of Topliss-reactive ketones (excluding diaryl/α,β-unsaturated/α-hetero) is 1. The largest absolute Gasteiger partial charge is 0.493 e. The third kappa shape index (κ3) is 3.74. The molecule has 0 saturated carbocycles. The number of rotatable bonds is 5. The topological polar surface area (TPSA) is 55.0 Å². The van der Waals surface area contributed by atoms with Gasteiger partial charge in [0.1, 0.15) is 5.75 Å². The summed E-state index contributed by atoms with van der Waals surface area (Å²) in [6.07, 6.45) is 7.80. The Morgan fingerprint density at radius 3 is 2.96 bits per heavy atom. The molecule has 0 fully saturated rings. The molecule has 2 heterocycles. The van der Waals surface area contributed by atoms with Crippen LogP contribution in [0.3, 0.4) is 0 Å². The number of aromatic amines is 1. The van der Waals surface area contributed by atoms with Crippen molar-refractivity contribution in [1.82, 2.24) is 9.97 Å². The van der Waals surface area contributed by atoms with Crippen molar-refractivity contribution in [3.63, 3.8) is 0 Å². The maximum atomic E-state index is 12.8. The summed E-state index contributed by atoms with van der Waals surface area (Å²) in [6.45, 7) is 0.557. The number of carbonyl (C=O) groups is 1. The van der Waals surface area contributed by atoms with Gasteiger partial charge in [-0.1, -0.05) is 11.6 Å². The minimum atomic E-state index is 0.0962. The second kappa shape index (κ2) is 7.48. The molecule has 1 aromatic carbocycles. The minimum absolute atomic E-state index is 0.0962. The van der Waals surface area contributed by atoms with Gasteiger partial charge in [-0.05, 0) is 54.8 Å². The van der Waals surface area contributed by atoms with Crippen molar-refractivity contribution in [3.05, 3.63) is 74.5 Å². The monoisotopic (exact) mass is 384 g/mol. The van der Waals surface area contributed by atoms with E-state index in [4.69, 9.17) is 16.3 Å². The number of H-pyrrole nitrogens is 1. The van der Waals surface area contributed by atoms with Crippen LogP contribution < -0.4 is 4.74 Å². The van der Waals surface area contributed by atoms with Gasteiger partial charge in [-0.3, -0.25) is 4.79 Å². The first-order chi connectivity index (χ1) is 12.7. The molecule has 0 amide bonds. The van der Waals surface area contributed by atoms with Crippen LogP contribution in [0.1, 0.15) is 32.9 Å². The average Bonchev–Trinajstić information content (AvgIpc) is 3.29. The van der Waals surface area contributed by atoms with E-state index in [1.165, 1.54) is 11.3 Å². The minimum Gasteiger partial charge on any atom is -0.493 e. The molecule has 1 N–H and O–H groups in total. The lowest BCUT2D eigenvalue weighted by atomic mass is 9.86. The van der Waals surface area contributed by atoms with Crippen LogP contribution in [-0.2, 0) is 12.8 Å². The zero-order chi connectivity index (χ0) is 17.9. The van der Waals surface area contributed by atoms with Crippen molar-refractivity contribution in [1.29, 1.82) is 0 Å². The summed E-state index contributed by atoms with van der Waals surface area (Å²) >= 11 is 7.46. The Hall–Kier alpha value is -2.37. The Morgan fingerprint density at radius 2 is 2.19 bits per heavy atom. The quantitative estimate of drug-likeness (QED) is 0.632. The number of allylic oxidation sites excluding steroid dienone is 1. The number of nitrogens with zero attached hydrogens (tertiary/aromatic N) is 1. The van der Waals surface area contributed by atoms with E-state index in [0.29, 0.717) is 6.61 Å². The molecule has 0 atom stereocenters. The zero-order valence-electron chi connectivity index (χ0n) is 14.0. The fraction of sp³-hybridized carbons (Fsp3) is 0.200. The molecule has 0 radical (unpaired) electrons. The number of imidazole rings is 1. The first-order valence-electron chi connectivity index (χ1n) is 8.43. The summed E-state index contributed by atoms with van der Waals surface area (Å²) in [7, 11) is 0. The molecule has 0 spiro atoms. The molecule has 26 heavy (non-hydrogen) atoms. The second-order valence-corrected chi connectivity index (χ2v) is 7.87. The zero-order valence-corrected chi connectivity index (χ0v) is 15.6. The summed E-state index contributed by atoms with van der Waals surface area (Å²) in [6, 6.07) is 9.52. The van der Waals surface area contributed by atoms with Gasteiger partial charge < -0.3 is 9.72 Å². The van der Waals surface area contributed by atoms with Crippen molar-refractivity contribution >= 4 is 34.8 Å². The fourth-order valence-electron chi connectivity index (χ4n) is 3.06. The van der Waals surface area contributed by atoms with Gasteiger partial charge in [-0.15, -0.1) is 11.3 Å². The molecule has 132 valence electrons. The molecule has 0 saturated heterocycles. The highest BCUT2D eigenvalue weighted by Gasteiger charge is 2.22. The number of benzene rings is 1. The predicted molar refractivity (Wildman–Crippen MR) is 104 cm³/mol. The first-order valence-corrected chi connectivity index (χ1v) is 9.62. The average molecular weight is 385 g/mol. The summed E-state index contributed by atoms with van der Waals surface area (Å²) < 4.78 is 6.55. The van der Waals surface area contributed by atoms with E-state index in [1.807, 2.05) is 42.6 Å². The van der Waals surface area contributed by atoms with Crippen LogP contribution >= 0.6 is 22.9 Å². The van der Waals surface area contributed by atoms with Crippen molar-refractivity contribution in [2.75, 3.05) is 6.61 Å². The maximum Gasteiger partial charge on any atom is 0.189 e. The standard InChI is InChI=1S/C20H17ClN2O2S/c21-19-6-4-17(26-19)10-14-2-1-13-9-16(3-5-18(13)20(14)24)25-8-7-15-11-22-12-23-15/h3-6,9-12H,1-2,7-8H2,(H,22,23)/b14-10-. The summed E-state index contributed by atoms with van der Waals surface area (Å²) in [4.78, 5) is 20.9. The lowest BCUT2D eigenvalue weighted by molar-refractivity contribution is 0.102. The first kappa shape index (κ1) is 17.1. The lowest BCUT2D eigenvalue weighted by Gasteiger charge is -2.18. The number of ketones is 1. The Labute approximate surface area is 160 Å². The molecule has 0 bridgehead atoms. The van der Waals surface area contributed by atoms with E-state index in [0.717, 1.165) is 56.6 Å². The van der Waals surface area contributed by atoms with Crippen molar-refractivity contribution in [2.45, 2.75) is 19.3 Å². The van der Waals surface area contributed by atoms with Crippen LogP contribution in [0.4, 0.5) is 0 Å². The third-order valence-corrected chi connectivity index (χ3v) is 5.55. The van der Waals surface area contributed by atoms with E-state index >= 15 is 0 Å². The van der Waals surface area contributed by atoms with Crippen LogP contribution in [0.25, 0.3) is 6.08 Å². The van der Waals surface area contributed by atoms with E-state index in [2.05, 4.69) is 9.97 Å². The van der Waals surface area contributed by atoms with Gasteiger partial charge in [0.15, 0.2) is 5.78 Å².